The van der Waals surface area contributed by atoms with Crippen LogP contribution < -0.4 is 5.32 Å². The van der Waals surface area contributed by atoms with Gasteiger partial charge in [0.25, 0.3) is 0 Å². The van der Waals surface area contributed by atoms with Crippen LogP contribution in [0, 0.1) is 0 Å². The third-order valence-electron chi connectivity index (χ3n) is 3.99. The number of hydrogen-bond acceptors (Lipinski definition) is 2. The number of nitrogens with one attached hydrogen (secondary N) is 1. The molecule has 0 bridgehead atoms. The minimum absolute atomic E-state index is 0.00465. The van der Waals surface area contributed by atoms with Crippen LogP contribution in [0.3, 0.4) is 0 Å². The van der Waals surface area contributed by atoms with E-state index in [0.29, 0.717) is 6.42 Å². The highest BCUT2D eigenvalue weighted by Crippen LogP contribution is 2.36. The van der Waals surface area contributed by atoms with Crippen LogP contribution in [0.4, 0.5) is 5.69 Å². The molecule has 0 aliphatic carbocycles. The van der Waals surface area contributed by atoms with Crippen molar-refractivity contribution in [3.8, 4) is 11.3 Å². The monoisotopic (exact) mass is 321 g/mol. The number of amides is 1. The smallest absolute Gasteiger partial charge is 0.224 e. The van der Waals surface area contributed by atoms with Crippen molar-refractivity contribution in [2.24, 2.45) is 0 Å². The minimum Gasteiger partial charge on any atom is -0.325 e. The molecular weight excluding hydrogens is 298 g/mol. The standard InChI is InChI=1S/C20H23N3O/c1-5-17(24)21-15-12-9-13-16-18(15)19(14-10-7-6-8-11-14)22-23(16)20(2,3)4/h6-13H,5H2,1-4H3,(H,21,24). The Hall–Kier alpha value is -2.62. The molecule has 0 saturated heterocycles. The van der Waals surface area contributed by atoms with Crippen LogP contribution in [0.1, 0.15) is 34.1 Å². The van der Waals surface area contributed by atoms with Crippen LogP contribution in [0.15, 0.2) is 48.5 Å². The van der Waals surface area contributed by atoms with Gasteiger partial charge in [-0.2, -0.15) is 5.10 Å². The lowest BCUT2D eigenvalue weighted by molar-refractivity contribution is -0.115. The molecule has 3 rings (SSSR count). The molecule has 4 heteroatoms. The molecule has 0 radical (unpaired) electrons. The van der Waals surface area contributed by atoms with E-state index < -0.39 is 0 Å². The molecule has 0 aliphatic heterocycles. The van der Waals surface area contributed by atoms with E-state index in [9.17, 15) is 4.79 Å². The van der Waals surface area contributed by atoms with Crippen molar-refractivity contribution in [2.45, 2.75) is 39.7 Å². The number of fused-ring (bicyclic) bond motifs is 1. The van der Waals surface area contributed by atoms with Gasteiger partial charge >= 0.3 is 0 Å². The van der Waals surface area contributed by atoms with Crippen molar-refractivity contribution in [3.63, 3.8) is 0 Å². The Kier molecular flexibility index (Phi) is 4.14. The fourth-order valence-corrected chi connectivity index (χ4v) is 2.82. The van der Waals surface area contributed by atoms with Gasteiger partial charge in [0.15, 0.2) is 0 Å². The molecule has 0 fully saturated rings. The summed E-state index contributed by atoms with van der Waals surface area (Å²) in [7, 11) is 0. The predicted octanol–water partition coefficient (Wildman–Crippen LogP) is 4.81. The average Bonchev–Trinajstić information content (AvgIpc) is 2.96. The number of hydrogen-bond donors (Lipinski definition) is 1. The fraction of sp³-hybridized carbons (Fsp3) is 0.300. The molecular formula is C20H23N3O. The maximum atomic E-state index is 11.9. The van der Waals surface area contributed by atoms with E-state index >= 15 is 0 Å². The third-order valence-corrected chi connectivity index (χ3v) is 3.99. The van der Waals surface area contributed by atoms with Gasteiger partial charge in [-0.15, -0.1) is 0 Å². The van der Waals surface area contributed by atoms with Crippen LogP contribution in [-0.2, 0) is 10.3 Å². The molecule has 0 atom stereocenters. The first kappa shape index (κ1) is 16.2. The van der Waals surface area contributed by atoms with Crippen molar-refractivity contribution < 1.29 is 4.79 Å². The number of carbonyl (C=O) groups excluding carboxylic acids is 1. The quantitative estimate of drug-likeness (QED) is 0.752. The number of anilines is 1. The topological polar surface area (TPSA) is 46.9 Å². The van der Waals surface area contributed by atoms with Crippen molar-refractivity contribution in [1.29, 1.82) is 0 Å². The van der Waals surface area contributed by atoms with Crippen LogP contribution in [-0.4, -0.2) is 15.7 Å². The highest BCUT2D eigenvalue weighted by Gasteiger charge is 2.22. The molecule has 0 aliphatic rings. The lowest BCUT2D eigenvalue weighted by Gasteiger charge is -2.20. The van der Waals surface area contributed by atoms with Gasteiger partial charge in [-0.1, -0.05) is 43.3 Å². The van der Waals surface area contributed by atoms with Gasteiger partial charge in [-0.05, 0) is 32.9 Å². The number of carbonyl (C=O) groups is 1. The zero-order valence-electron chi connectivity index (χ0n) is 14.6. The second kappa shape index (κ2) is 6.11. The maximum absolute atomic E-state index is 11.9. The number of nitrogens with zero attached hydrogens (tertiary/aromatic N) is 2. The second-order valence-electron chi connectivity index (χ2n) is 6.90. The summed E-state index contributed by atoms with van der Waals surface area (Å²) in [6, 6.07) is 16.1. The van der Waals surface area contributed by atoms with Crippen LogP contribution in [0.2, 0.25) is 0 Å². The highest BCUT2D eigenvalue weighted by atomic mass is 16.1. The molecule has 3 aromatic rings. The highest BCUT2D eigenvalue weighted by molar-refractivity contribution is 6.07. The Morgan fingerprint density at radius 1 is 1.08 bits per heavy atom. The summed E-state index contributed by atoms with van der Waals surface area (Å²) in [5.74, 6) is 0.00465. The number of aromatic nitrogens is 2. The molecule has 1 N–H and O–H groups in total. The van der Waals surface area contributed by atoms with E-state index in [1.54, 1.807) is 0 Å². The van der Waals surface area contributed by atoms with Gasteiger partial charge in [-0.25, -0.2) is 0 Å². The first-order valence-electron chi connectivity index (χ1n) is 8.29. The lowest BCUT2D eigenvalue weighted by Crippen LogP contribution is -2.22. The molecule has 124 valence electrons. The molecule has 0 unspecified atom stereocenters. The van der Waals surface area contributed by atoms with E-state index in [4.69, 9.17) is 5.10 Å². The summed E-state index contributed by atoms with van der Waals surface area (Å²) in [5, 5.41) is 8.89. The first-order valence-corrected chi connectivity index (χ1v) is 8.29. The largest absolute Gasteiger partial charge is 0.325 e. The van der Waals surface area contributed by atoms with Gasteiger partial charge in [-0.3, -0.25) is 9.48 Å². The van der Waals surface area contributed by atoms with E-state index in [-0.39, 0.29) is 11.4 Å². The van der Waals surface area contributed by atoms with Crippen molar-refractivity contribution >= 4 is 22.5 Å². The first-order chi connectivity index (χ1) is 11.4. The van der Waals surface area contributed by atoms with Crippen LogP contribution in [0.25, 0.3) is 22.2 Å². The van der Waals surface area contributed by atoms with Gasteiger partial charge in [0.1, 0.15) is 5.69 Å². The number of rotatable bonds is 3. The molecule has 0 spiro atoms. The summed E-state index contributed by atoms with van der Waals surface area (Å²) in [6.07, 6.45) is 0.449. The summed E-state index contributed by atoms with van der Waals surface area (Å²) < 4.78 is 2.03. The Labute approximate surface area is 142 Å². The summed E-state index contributed by atoms with van der Waals surface area (Å²) in [4.78, 5) is 11.9. The van der Waals surface area contributed by atoms with E-state index in [1.807, 2.05) is 54.1 Å². The van der Waals surface area contributed by atoms with Gasteiger partial charge < -0.3 is 5.32 Å². The fourth-order valence-electron chi connectivity index (χ4n) is 2.82. The van der Waals surface area contributed by atoms with E-state index in [0.717, 1.165) is 27.8 Å². The Morgan fingerprint density at radius 3 is 2.42 bits per heavy atom. The van der Waals surface area contributed by atoms with Crippen molar-refractivity contribution in [1.82, 2.24) is 9.78 Å². The summed E-state index contributed by atoms with van der Waals surface area (Å²) >= 11 is 0. The van der Waals surface area contributed by atoms with E-state index in [2.05, 4.69) is 32.2 Å². The zero-order chi connectivity index (χ0) is 17.3. The Balaban J connectivity index is 2.31. The molecule has 2 aromatic carbocycles. The van der Waals surface area contributed by atoms with Crippen LogP contribution >= 0.6 is 0 Å². The van der Waals surface area contributed by atoms with Crippen molar-refractivity contribution in [2.75, 3.05) is 5.32 Å². The van der Waals surface area contributed by atoms with Gasteiger partial charge in [0.05, 0.1) is 22.1 Å². The normalized spacial score (nSPS) is 11.7. The SMILES string of the molecule is CCC(=O)Nc1cccc2c1c(-c1ccccc1)nn2C(C)(C)C. The maximum Gasteiger partial charge on any atom is 0.224 e. The Bertz CT molecular complexity index is 873. The average molecular weight is 321 g/mol. The zero-order valence-corrected chi connectivity index (χ0v) is 14.6. The predicted molar refractivity (Wildman–Crippen MR) is 99.1 cm³/mol. The molecule has 24 heavy (non-hydrogen) atoms. The minimum atomic E-state index is -0.154. The lowest BCUT2D eigenvalue weighted by atomic mass is 10.1. The second-order valence-corrected chi connectivity index (χ2v) is 6.90. The number of benzene rings is 2. The van der Waals surface area contributed by atoms with Gasteiger partial charge in [0.2, 0.25) is 5.91 Å². The molecule has 0 saturated carbocycles. The molecule has 1 amide bonds. The van der Waals surface area contributed by atoms with Crippen LogP contribution in [0.5, 0.6) is 0 Å². The summed E-state index contributed by atoms with van der Waals surface area (Å²) in [6.45, 7) is 8.24. The molecule has 4 nitrogen and oxygen atoms in total. The van der Waals surface area contributed by atoms with E-state index in [1.165, 1.54) is 0 Å². The third kappa shape index (κ3) is 2.92. The molecule has 1 heterocycles. The van der Waals surface area contributed by atoms with Gasteiger partial charge in [0, 0.05) is 12.0 Å². The summed E-state index contributed by atoms with van der Waals surface area (Å²) in [5.41, 5.74) is 3.62. The Morgan fingerprint density at radius 2 is 1.79 bits per heavy atom. The molecule has 1 aromatic heterocycles. The van der Waals surface area contributed by atoms with Crippen molar-refractivity contribution in [3.05, 3.63) is 48.5 Å².